The van der Waals surface area contributed by atoms with Crippen molar-refractivity contribution in [2.75, 3.05) is 12.4 Å². The topological polar surface area (TPSA) is 50.4 Å². The number of anilines is 1. The molecule has 0 radical (unpaired) electrons. The van der Waals surface area contributed by atoms with Crippen molar-refractivity contribution in [2.24, 2.45) is 0 Å². The van der Waals surface area contributed by atoms with Crippen LogP contribution in [-0.4, -0.2) is 19.1 Å². The molecule has 1 fully saturated rings. The van der Waals surface area contributed by atoms with E-state index in [0.717, 1.165) is 12.1 Å². The molecule has 1 saturated heterocycles. The number of carbonyl (C=O) groups is 1. The number of piperidine rings is 1. The Morgan fingerprint density at radius 2 is 2.14 bits per heavy atom. The van der Waals surface area contributed by atoms with Gasteiger partial charge in [-0.1, -0.05) is 6.58 Å². The smallest absolute Gasteiger partial charge is 0.416 e. The number of halogens is 3. The summed E-state index contributed by atoms with van der Waals surface area (Å²) in [7, 11) is 1.38. The number of amides is 1. The summed E-state index contributed by atoms with van der Waals surface area (Å²) in [4.78, 5) is 11.2. The van der Waals surface area contributed by atoms with Crippen LogP contribution in [0.25, 0.3) is 0 Å². The molecule has 2 N–H and O–H groups in total. The van der Waals surface area contributed by atoms with E-state index in [1.54, 1.807) is 0 Å². The predicted molar refractivity (Wildman–Crippen MR) is 71.9 cm³/mol. The minimum absolute atomic E-state index is 0.144. The Hall–Kier alpha value is -2.18. The van der Waals surface area contributed by atoms with E-state index in [4.69, 9.17) is 4.74 Å². The lowest BCUT2D eigenvalue weighted by Gasteiger charge is -2.27. The summed E-state index contributed by atoms with van der Waals surface area (Å²) in [5.41, 5.74) is -0.114. The summed E-state index contributed by atoms with van der Waals surface area (Å²) >= 11 is 0. The van der Waals surface area contributed by atoms with Gasteiger partial charge in [0.15, 0.2) is 0 Å². The van der Waals surface area contributed by atoms with Gasteiger partial charge in [-0.25, -0.2) is 0 Å². The molecule has 1 atom stereocenters. The SMILES string of the molecule is C=C1NC(=O)CCC1Nc1cc(C(F)(F)F)ccc1OC. The Morgan fingerprint density at radius 3 is 2.71 bits per heavy atom. The Bertz CT molecular complexity index is 570. The summed E-state index contributed by atoms with van der Waals surface area (Å²) in [6, 6.07) is 2.87. The maximum Gasteiger partial charge on any atom is 0.416 e. The Morgan fingerprint density at radius 1 is 1.43 bits per heavy atom. The highest BCUT2D eigenvalue weighted by atomic mass is 19.4. The first kappa shape index (κ1) is 15.2. The van der Waals surface area contributed by atoms with Crippen molar-refractivity contribution in [3.05, 3.63) is 36.0 Å². The molecule has 0 bridgehead atoms. The molecule has 1 aliphatic heterocycles. The van der Waals surface area contributed by atoms with Crippen LogP contribution in [0.3, 0.4) is 0 Å². The van der Waals surface area contributed by atoms with E-state index in [9.17, 15) is 18.0 Å². The van der Waals surface area contributed by atoms with Gasteiger partial charge in [-0.05, 0) is 24.6 Å². The van der Waals surface area contributed by atoms with Gasteiger partial charge in [0.05, 0.1) is 24.4 Å². The van der Waals surface area contributed by atoms with Crippen LogP contribution in [0.1, 0.15) is 18.4 Å². The van der Waals surface area contributed by atoms with Gasteiger partial charge in [-0.15, -0.1) is 0 Å². The predicted octanol–water partition coefficient (Wildman–Crippen LogP) is 2.92. The molecule has 1 aromatic carbocycles. The maximum absolute atomic E-state index is 12.8. The van der Waals surface area contributed by atoms with Crippen LogP contribution in [0.4, 0.5) is 18.9 Å². The number of benzene rings is 1. The number of hydrogen-bond donors (Lipinski definition) is 2. The number of nitrogens with one attached hydrogen (secondary N) is 2. The van der Waals surface area contributed by atoms with Gasteiger partial charge in [-0.2, -0.15) is 13.2 Å². The Labute approximate surface area is 120 Å². The number of rotatable bonds is 3. The van der Waals surface area contributed by atoms with Crippen molar-refractivity contribution in [3.63, 3.8) is 0 Å². The van der Waals surface area contributed by atoms with Crippen LogP contribution in [0.2, 0.25) is 0 Å². The third-order valence-corrected chi connectivity index (χ3v) is 3.24. The second-order valence-corrected chi connectivity index (χ2v) is 4.72. The molecule has 1 unspecified atom stereocenters. The molecule has 1 heterocycles. The molecule has 0 aromatic heterocycles. The third kappa shape index (κ3) is 3.48. The van der Waals surface area contributed by atoms with E-state index in [1.165, 1.54) is 13.2 Å². The molecule has 0 saturated carbocycles. The van der Waals surface area contributed by atoms with E-state index in [1.807, 2.05) is 0 Å². The van der Waals surface area contributed by atoms with Crippen LogP contribution in [0, 0.1) is 0 Å². The largest absolute Gasteiger partial charge is 0.495 e. The first-order valence-electron chi connectivity index (χ1n) is 6.31. The van der Waals surface area contributed by atoms with Crippen molar-refractivity contribution >= 4 is 11.6 Å². The molecule has 2 rings (SSSR count). The first-order valence-corrected chi connectivity index (χ1v) is 6.31. The van der Waals surface area contributed by atoms with Gasteiger partial charge in [0.1, 0.15) is 5.75 Å². The lowest BCUT2D eigenvalue weighted by Crippen LogP contribution is -2.39. The second kappa shape index (κ2) is 5.67. The van der Waals surface area contributed by atoms with E-state index in [2.05, 4.69) is 17.2 Å². The summed E-state index contributed by atoms with van der Waals surface area (Å²) in [6.07, 6.45) is -3.68. The lowest BCUT2D eigenvalue weighted by molar-refractivity contribution is -0.137. The maximum atomic E-state index is 12.8. The van der Waals surface area contributed by atoms with E-state index in [0.29, 0.717) is 17.9 Å². The van der Waals surface area contributed by atoms with E-state index < -0.39 is 11.7 Å². The molecule has 114 valence electrons. The fourth-order valence-corrected chi connectivity index (χ4v) is 2.12. The quantitative estimate of drug-likeness (QED) is 0.902. The highest BCUT2D eigenvalue weighted by Crippen LogP contribution is 2.35. The van der Waals surface area contributed by atoms with Crippen LogP contribution in [-0.2, 0) is 11.0 Å². The van der Waals surface area contributed by atoms with Crippen molar-refractivity contribution < 1.29 is 22.7 Å². The molecule has 7 heteroatoms. The average molecular weight is 300 g/mol. The number of hydrogen-bond acceptors (Lipinski definition) is 3. The minimum Gasteiger partial charge on any atom is -0.495 e. The average Bonchev–Trinajstić information content (AvgIpc) is 2.41. The van der Waals surface area contributed by atoms with Crippen LogP contribution < -0.4 is 15.4 Å². The van der Waals surface area contributed by atoms with Crippen molar-refractivity contribution in [3.8, 4) is 5.75 Å². The van der Waals surface area contributed by atoms with Crippen molar-refractivity contribution in [1.29, 1.82) is 0 Å². The van der Waals surface area contributed by atoms with Crippen LogP contribution in [0.15, 0.2) is 30.5 Å². The van der Waals surface area contributed by atoms with Crippen LogP contribution in [0.5, 0.6) is 5.75 Å². The Kier molecular flexibility index (Phi) is 4.11. The molecular weight excluding hydrogens is 285 g/mol. The molecule has 4 nitrogen and oxygen atoms in total. The highest BCUT2D eigenvalue weighted by molar-refractivity contribution is 5.79. The van der Waals surface area contributed by atoms with Gasteiger partial charge in [0.2, 0.25) is 5.91 Å². The Balaban J connectivity index is 2.25. The van der Waals surface area contributed by atoms with Gasteiger partial charge < -0.3 is 15.4 Å². The molecule has 0 aliphatic carbocycles. The zero-order valence-electron chi connectivity index (χ0n) is 11.4. The number of alkyl halides is 3. The molecule has 1 aromatic rings. The van der Waals surface area contributed by atoms with Gasteiger partial charge in [0, 0.05) is 12.1 Å². The number of carbonyl (C=O) groups excluding carboxylic acids is 1. The van der Waals surface area contributed by atoms with Gasteiger partial charge in [0.25, 0.3) is 0 Å². The third-order valence-electron chi connectivity index (χ3n) is 3.24. The molecule has 0 spiro atoms. The molecular formula is C14H15F3N2O2. The summed E-state index contributed by atoms with van der Waals surface area (Å²) < 4.78 is 43.4. The van der Waals surface area contributed by atoms with E-state index in [-0.39, 0.29) is 24.1 Å². The molecule has 21 heavy (non-hydrogen) atoms. The van der Waals surface area contributed by atoms with Gasteiger partial charge >= 0.3 is 6.18 Å². The van der Waals surface area contributed by atoms with Crippen LogP contribution >= 0.6 is 0 Å². The molecule has 1 aliphatic rings. The lowest BCUT2D eigenvalue weighted by atomic mass is 10.0. The molecule has 1 amide bonds. The summed E-state index contributed by atoms with van der Waals surface area (Å²) in [5, 5.41) is 5.52. The fourth-order valence-electron chi connectivity index (χ4n) is 2.12. The summed E-state index contributed by atoms with van der Waals surface area (Å²) in [5.74, 6) is 0.154. The van der Waals surface area contributed by atoms with E-state index >= 15 is 0 Å². The number of ether oxygens (including phenoxy) is 1. The second-order valence-electron chi connectivity index (χ2n) is 4.72. The highest BCUT2D eigenvalue weighted by Gasteiger charge is 2.32. The zero-order chi connectivity index (χ0) is 15.6. The fraction of sp³-hybridized carbons (Fsp3) is 0.357. The minimum atomic E-state index is -4.43. The first-order chi connectivity index (χ1) is 9.81. The monoisotopic (exact) mass is 300 g/mol. The zero-order valence-corrected chi connectivity index (χ0v) is 11.4. The summed E-state index contributed by atoms with van der Waals surface area (Å²) in [6.45, 7) is 3.71. The number of methoxy groups -OCH3 is 1. The standard InChI is InChI=1S/C14H15F3N2O2/c1-8-10(4-6-13(20)18-8)19-11-7-9(14(15,16)17)3-5-12(11)21-2/h3,5,7,10,19H,1,4,6H2,2H3,(H,18,20). The van der Waals surface area contributed by atoms with Gasteiger partial charge in [-0.3, -0.25) is 4.79 Å². The normalized spacial score (nSPS) is 19.1. The van der Waals surface area contributed by atoms with Crippen molar-refractivity contribution in [1.82, 2.24) is 5.32 Å². The van der Waals surface area contributed by atoms with Crippen molar-refractivity contribution in [2.45, 2.75) is 25.1 Å².